The Kier molecular flexibility index (Phi) is 26.8. The van der Waals surface area contributed by atoms with Crippen LogP contribution in [0.4, 0.5) is 0 Å². The average Bonchev–Trinajstić information content (AvgIpc) is 2.94. The highest BCUT2D eigenvalue weighted by atomic mass is 16.6. The molecule has 0 amide bonds. The van der Waals surface area contributed by atoms with Crippen LogP contribution in [0, 0.1) is 0 Å². The second kappa shape index (κ2) is 27.8. The monoisotopic (exact) mass is 613 g/mol. The van der Waals surface area contributed by atoms with Crippen LogP contribution in [0.3, 0.4) is 0 Å². The Morgan fingerprint density at radius 1 is 0.605 bits per heavy atom. The number of aliphatic carboxylic acids is 1. The van der Waals surface area contributed by atoms with Crippen LogP contribution in [-0.4, -0.2) is 75.5 Å². The van der Waals surface area contributed by atoms with E-state index in [2.05, 4.69) is 13.8 Å². The molecule has 43 heavy (non-hydrogen) atoms. The van der Waals surface area contributed by atoms with Gasteiger partial charge in [0.05, 0.1) is 40.3 Å². The number of carbonyl (C=O) groups is 3. The summed E-state index contributed by atoms with van der Waals surface area (Å²) in [4.78, 5) is 36.4. The minimum atomic E-state index is -1.12. The van der Waals surface area contributed by atoms with Crippen molar-refractivity contribution < 1.29 is 38.2 Å². The number of carboxylic acids is 1. The number of esters is 2. The lowest BCUT2D eigenvalue weighted by Crippen LogP contribution is -2.55. The molecule has 254 valence electrons. The van der Waals surface area contributed by atoms with E-state index in [1.54, 1.807) is 21.1 Å². The molecule has 0 saturated carbocycles. The summed E-state index contributed by atoms with van der Waals surface area (Å²) in [6.45, 7) is 4.62. The van der Waals surface area contributed by atoms with Gasteiger partial charge >= 0.3 is 11.9 Å². The molecule has 0 aliphatic heterocycles. The summed E-state index contributed by atoms with van der Waals surface area (Å²) in [6.07, 6.45) is 22.7. The zero-order valence-corrected chi connectivity index (χ0v) is 28.6. The summed E-state index contributed by atoms with van der Waals surface area (Å²) >= 11 is 0. The SMILES string of the molecule is CCCCCCCCCCCCC(=O)OC(COCCC(C(=O)[O-])[N+](C)(C)C)COC(=O)CCCCCCCCCCC. The van der Waals surface area contributed by atoms with E-state index < -0.39 is 18.1 Å². The highest BCUT2D eigenvalue weighted by Gasteiger charge is 2.25. The summed E-state index contributed by atoms with van der Waals surface area (Å²) in [5.41, 5.74) is 0. The van der Waals surface area contributed by atoms with E-state index in [0.29, 0.717) is 12.8 Å². The molecule has 0 aromatic heterocycles. The van der Waals surface area contributed by atoms with Crippen LogP contribution in [0.2, 0.25) is 0 Å². The topological polar surface area (TPSA) is 102 Å². The molecular formula is C35H67NO7. The van der Waals surface area contributed by atoms with Crippen LogP contribution < -0.4 is 5.11 Å². The highest BCUT2D eigenvalue weighted by molar-refractivity contribution is 5.70. The van der Waals surface area contributed by atoms with Gasteiger partial charge in [-0.25, -0.2) is 0 Å². The van der Waals surface area contributed by atoms with E-state index in [0.717, 1.165) is 38.5 Å². The van der Waals surface area contributed by atoms with Gasteiger partial charge in [-0.05, 0) is 12.8 Å². The van der Waals surface area contributed by atoms with E-state index >= 15 is 0 Å². The molecule has 0 aromatic carbocycles. The van der Waals surface area contributed by atoms with E-state index in [9.17, 15) is 19.5 Å². The summed E-state index contributed by atoms with van der Waals surface area (Å²) in [5.74, 6) is -1.73. The Balaban J connectivity index is 4.46. The molecule has 0 spiro atoms. The van der Waals surface area contributed by atoms with E-state index in [1.807, 2.05) is 0 Å². The first-order valence-corrected chi connectivity index (χ1v) is 17.6. The van der Waals surface area contributed by atoms with Crippen LogP contribution in [0.1, 0.15) is 155 Å². The molecule has 2 unspecified atom stereocenters. The lowest BCUT2D eigenvalue weighted by molar-refractivity contribution is -0.889. The molecule has 8 nitrogen and oxygen atoms in total. The van der Waals surface area contributed by atoms with E-state index in [1.165, 1.54) is 83.5 Å². The Hall–Kier alpha value is -1.67. The number of hydrogen-bond acceptors (Lipinski definition) is 7. The maximum absolute atomic E-state index is 12.5. The summed E-state index contributed by atoms with van der Waals surface area (Å²) in [6, 6.07) is -0.716. The normalized spacial score (nSPS) is 13.0. The van der Waals surface area contributed by atoms with Gasteiger partial charge in [0.25, 0.3) is 0 Å². The number of carbonyl (C=O) groups excluding carboxylic acids is 3. The minimum Gasteiger partial charge on any atom is -0.544 e. The fraction of sp³-hybridized carbons (Fsp3) is 0.914. The predicted molar refractivity (Wildman–Crippen MR) is 171 cm³/mol. The standard InChI is InChI=1S/C35H67NO7/c1-6-8-10-12-14-16-18-20-22-24-26-34(38)43-31(29-41-28-27-32(35(39)40)36(3,4)5)30-42-33(37)25-23-21-19-17-15-13-11-9-7-2/h31-32H,6-30H2,1-5H3. The van der Waals surface area contributed by atoms with Crippen molar-refractivity contribution in [2.24, 2.45) is 0 Å². The van der Waals surface area contributed by atoms with Crippen LogP contribution in [0.25, 0.3) is 0 Å². The number of unbranched alkanes of at least 4 members (excludes halogenated alkanes) is 17. The van der Waals surface area contributed by atoms with Crippen molar-refractivity contribution >= 4 is 17.9 Å². The number of quaternary nitrogens is 1. The van der Waals surface area contributed by atoms with Gasteiger partial charge in [0, 0.05) is 19.3 Å². The van der Waals surface area contributed by atoms with Gasteiger partial charge in [0.1, 0.15) is 12.6 Å². The van der Waals surface area contributed by atoms with Crippen molar-refractivity contribution in [1.29, 1.82) is 0 Å². The first-order valence-electron chi connectivity index (χ1n) is 17.6. The van der Waals surface area contributed by atoms with Gasteiger partial charge < -0.3 is 28.6 Å². The second-order valence-electron chi connectivity index (χ2n) is 13.1. The summed E-state index contributed by atoms with van der Waals surface area (Å²) < 4.78 is 17.0. The number of hydrogen-bond donors (Lipinski definition) is 0. The van der Waals surface area contributed by atoms with Gasteiger partial charge in [0.2, 0.25) is 0 Å². The average molecular weight is 614 g/mol. The molecule has 0 aromatic rings. The van der Waals surface area contributed by atoms with Crippen LogP contribution in [-0.2, 0) is 28.6 Å². The number of nitrogens with zero attached hydrogens (tertiary/aromatic N) is 1. The molecule has 0 saturated heterocycles. The number of ether oxygens (including phenoxy) is 3. The number of likely N-dealkylation sites (N-methyl/N-ethyl adjacent to an activating group) is 1. The molecule has 2 atom stereocenters. The van der Waals surface area contributed by atoms with Crippen LogP contribution in [0.15, 0.2) is 0 Å². The Morgan fingerprint density at radius 3 is 1.44 bits per heavy atom. The Bertz CT molecular complexity index is 692. The van der Waals surface area contributed by atoms with Crippen molar-refractivity contribution in [2.75, 3.05) is 41.0 Å². The van der Waals surface area contributed by atoms with Crippen LogP contribution in [0.5, 0.6) is 0 Å². The molecule has 0 radical (unpaired) electrons. The van der Waals surface area contributed by atoms with Crippen molar-refractivity contribution in [3.63, 3.8) is 0 Å². The minimum absolute atomic E-state index is 0.0476. The third kappa shape index (κ3) is 26.5. The highest BCUT2D eigenvalue weighted by Crippen LogP contribution is 2.14. The lowest BCUT2D eigenvalue weighted by Gasteiger charge is -2.34. The first-order chi connectivity index (χ1) is 20.6. The maximum atomic E-state index is 12.5. The van der Waals surface area contributed by atoms with E-state index in [4.69, 9.17) is 14.2 Å². The third-order valence-electron chi connectivity index (χ3n) is 7.99. The van der Waals surface area contributed by atoms with Crippen LogP contribution >= 0.6 is 0 Å². The van der Waals surface area contributed by atoms with Gasteiger partial charge in [-0.1, -0.05) is 123 Å². The largest absolute Gasteiger partial charge is 0.544 e. The van der Waals surface area contributed by atoms with Crippen molar-refractivity contribution in [3.8, 4) is 0 Å². The quantitative estimate of drug-likeness (QED) is 0.0476. The fourth-order valence-corrected chi connectivity index (χ4v) is 5.19. The Labute approximate surface area is 264 Å². The maximum Gasteiger partial charge on any atom is 0.306 e. The summed E-state index contributed by atoms with van der Waals surface area (Å²) in [5, 5.41) is 11.5. The molecule has 0 aliphatic rings. The Morgan fingerprint density at radius 2 is 1.02 bits per heavy atom. The zero-order chi connectivity index (χ0) is 32.2. The zero-order valence-electron chi connectivity index (χ0n) is 28.6. The fourth-order valence-electron chi connectivity index (χ4n) is 5.19. The lowest BCUT2D eigenvalue weighted by atomic mass is 10.1. The number of carboxylic acid groups (broad SMARTS) is 1. The van der Waals surface area contributed by atoms with Crippen molar-refractivity contribution in [3.05, 3.63) is 0 Å². The smallest absolute Gasteiger partial charge is 0.306 e. The van der Waals surface area contributed by atoms with Crippen molar-refractivity contribution in [1.82, 2.24) is 0 Å². The van der Waals surface area contributed by atoms with E-state index in [-0.39, 0.29) is 42.7 Å². The van der Waals surface area contributed by atoms with Gasteiger partial charge in [-0.2, -0.15) is 0 Å². The third-order valence-corrected chi connectivity index (χ3v) is 7.99. The molecular weight excluding hydrogens is 546 g/mol. The molecule has 8 heteroatoms. The molecule has 0 bridgehead atoms. The number of rotatable bonds is 31. The molecule has 0 rings (SSSR count). The summed E-state index contributed by atoms with van der Waals surface area (Å²) in [7, 11) is 5.39. The first kappa shape index (κ1) is 41.3. The second-order valence-corrected chi connectivity index (χ2v) is 13.1. The van der Waals surface area contributed by atoms with Gasteiger partial charge in [-0.3, -0.25) is 9.59 Å². The van der Waals surface area contributed by atoms with Gasteiger partial charge in [0.15, 0.2) is 6.10 Å². The predicted octanol–water partition coefficient (Wildman–Crippen LogP) is 6.90. The molecule has 0 N–H and O–H groups in total. The molecule has 0 fully saturated rings. The molecule has 0 heterocycles. The van der Waals surface area contributed by atoms with Crippen molar-refractivity contribution in [2.45, 2.75) is 167 Å². The molecule has 0 aliphatic carbocycles. The van der Waals surface area contributed by atoms with Gasteiger partial charge in [-0.15, -0.1) is 0 Å².